The lowest BCUT2D eigenvalue weighted by Crippen LogP contribution is -2.25. The van der Waals surface area contributed by atoms with Crippen LogP contribution in [0.5, 0.6) is 0 Å². The number of aromatic nitrogens is 4. The minimum Gasteiger partial charge on any atom is -0.345 e. The summed E-state index contributed by atoms with van der Waals surface area (Å²) in [6.07, 6.45) is 1.86. The normalized spacial score (nSPS) is 11.0. The zero-order valence-electron chi connectivity index (χ0n) is 14.1. The Kier molecular flexibility index (Phi) is 3.96. The van der Waals surface area contributed by atoms with Gasteiger partial charge in [-0.2, -0.15) is 10.2 Å². The van der Waals surface area contributed by atoms with Gasteiger partial charge in [-0.15, -0.1) is 0 Å². The Morgan fingerprint density at radius 3 is 2.69 bits per heavy atom. The highest BCUT2D eigenvalue weighted by Gasteiger charge is 2.14. The van der Waals surface area contributed by atoms with Crippen LogP contribution in [0.2, 0.25) is 0 Å². The molecule has 0 aliphatic carbocycles. The summed E-state index contributed by atoms with van der Waals surface area (Å²) in [6.45, 7) is 0.317. The van der Waals surface area contributed by atoms with Crippen LogP contribution < -0.4 is 5.32 Å². The Morgan fingerprint density at radius 2 is 1.92 bits per heavy atom. The maximum atomic E-state index is 13.1. The minimum atomic E-state index is -0.310. The molecule has 0 bridgehead atoms. The van der Waals surface area contributed by atoms with Crippen LogP contribution in [-0.2, 0) is 13.6 Å². The molecule has 1 aromatic carbocycles. The van der Waals surface area contributed by atoms with E-state index in [2.05, 4.69) is 15.5 Å². The van der Waals surface area contributed by atoms with Gasteiger partial charge in [0.2, 0.25) is 0 Å². The number of hydrogen-bond acceptors (Lipinski definition) is 3. The van der Waals surface area contributed by atoms with Crippen molar-refractivity contribution in [3.05, 3.63) is 78.0 Å². The number of carbonyl (C=O) groups is 1. The second-order valence-corrected chi connectivity index (χ2v) is 5.93. The molecule has 0 unspecified atom stereocenters. The Balaban J connectivity index is 1.50. The fourth-order valence-corrected chi connectivity index (χ4v) is 2.78. The predicted molar refractivity (Wildman–Crippen MR) is 95.0 cm³/mol. The van der Waals surface area contributed by atoms with Gasteiger partial charge >= 0.3 is 0 Å². The first-order valence-electron chi connectivity index (χ1n) is 8.11. The summed E-state index contributed by atoms with van der Waals surface area (Å²) < 4.78 is 16.3. The second kappa shape index (κ2) is 6.44. The fourth-order valence-electron chi connectivity index (χ4n) is 2.78. The first-order valence-corrected chi connectivity index (χ1v) is 8.11. The number of nitrogens with zero attached hydrogens (tertiary/aromatic N) is 4. The molecule has 26 heavy (non-hydrogen) atoms. The van der Waals surface area contributed by atoms with Gasteiger partial charge in [0.1, 0.15) is 11.5 Å². The number of pyridine rings is 1. The number of benzene rings is 1. The van der Waals surface area contributed by atoms with Crippen molar-refractivity contribution in [2.45, 2.75) is 6.54 Å². The number of fused-ring (bicyclic) bond motifs is 1. The fraction of sp³-hybridized carbons (Fsp3) is 0.105. The molecule has 4 rings (SSSR count). The second-order valence-electron chi connectivity index (χ2n) is 5.93. The first-order chi connectivity index (χ1) is 12.6. The summed E-state index contributed by atoms with van der Waals surface area (Å²) in [4.78, 5) is 12.5. The standard InChI is InChI=1S/C19H16FN5O/c1-24-18(11-17(23-24)13-5-7-14(20)8-6-13)19(26)21-12-15-10-16-4-2-3-9-25(16)22-15/h2-11H,12H2,1H3,(H,21,26). The monoisotopic (exact) mass is 349 g/mol. The molecule has 3 aromatic heterocycles. The third kappa shape index (κ3) is 3.06. The predicted octanol–water partition coefficient (Wildman–Crippen LogP) is 2.80. The van der Waals surface area contributed by atoms with Crippen LogP contribution >= 0.6 is 0 Å². The van der Waals surface area contributed by atoms with E-state index >= 15 is 0 Å². The van der Waals surface area contributed by atoms with Crippen molar-refractivity contribution in [2.24, 2.45) is 7.05 Å². The molecule has 0 saturated heterocycles. The van der Waals surface area contributed by atoms with Crippen LogP contribution in [0.1, 0.15) is 16.2 Å². The van der Waals surface area contributed by atoms with Gasteiger partial charge in [-0.05, 0) is 48.5 Å². The quantitative estimate of drug-likeness (QED) is 0.616. The van der Waals surface area contributed by atoms with E-state index in [1.807, 2.05) is 30.5 Å². The van der Waals surface area contributed by atoms with Crippen molar-refractivity contribution in [1.29, 1.82) is 0 Å². The van der Waals surface area contributed by atoms with E-state index in [0.717, 1.165) is 16.8 Å². The lowest BCUT2D eigenvalue weighted by Gasteiger charge is -2.02. The van der Waals surface area contributed by atoms with Gasteiger partial charge in [0.25, 0.3) is 5.91 Å². The zero-order chi connectivity index (χ0) is 18.1. The summed E-state index contributed by atoms with van der Waals surface area (Å²) in [5.74, 6) is -0.555. The van der Waals surface area contributed by atoms with E-state index in [1.54, 1.807) is 29.8 Å². The highest BCUT2D eigenvalue weighted by Crippen LogP contribution is 2.19. The van der Waals surface area contributed by atoms with Crippen molar-refractivity contribution < 1.29 is 9.18 Å². The number of halogens is 1. The van der Waals surface area contributed by atoms with Crippen LogP contribution in [0.15, 0.2) is 60.8 Å². The van der Waals surface area contributed by atoms with Gasteiger partial charge in [-0.25, -0.2) is 8.91 Å². The number of nitrogens with one attached hydrogen (secondary N) is 1. The maximum absolute atomic E-state index is 13.1. The van der Waals surface area contributed by atoms with Crippen molar-refractivity contribution in [3.8, 4) is 11.3 Å². The smallest absolute Gasteiger partial charge is 0.269 e. The van der Waals surface area contributed by atoms with Crippen LogP contribution in [0.3, 0.4) is 0 Å². The van der Waals surface area contributed by atoms with E-state index < -0.39 is 0 Å². The van der Waals surface area contributed by atoms with E-state index in [4.69, 9.17) is 0 Å². The highest BCUT2D eigenvalue weighted by molar-refractivity contribution is 5.93. The van der Waals surface area contributed by atoms with Gasteiger partial charge in [0, 0.05) is 18.8 Å². The van der Waals surface area contributed by atoms with E-state index in [9.17, 15) is 9.18 Å². The molecule has 0 spiro atoms. The van der Waals surface area contributed by atoms with Gasteiger partial charge < -0.3 is 5.32 Å². The Labute approximate surface area is 148 Å². The number of aryl methyl sites for hydroxylation is 1. The summed E-state index contributed by atoms with van der Waals surface area (Å²) >= 11 is 0. The molecule has 0 fully saturated rings. The van der Waals surface area contributed by atoms with Crippen molar-refractivity contribution >= 4 is 11.4 Å². The molecule has 3 heterocycles. The van der Waals surface area contributed by atoms with Crippen LogP contribution in [0, 0.1) is 5.82 Å². The van der Waals surface area contributed by atoms with Crippen molar-refractivity contribution in [1.82, 2.24) is 24.7 Å². The number of amides is 1. The van der Waals surface area contributed by atoms with E-state index in [1.165, 1.54) is 16.8 Å². The van der Waals surface area contributed by atoms with Gasteiger partial charge in [-0.1, -0.05) is 6.07 Å². The van der Waals surface area contributed by atoms with Gasteiger partial charge in [0.15, 0.2) is 0 Å². The number of hydrogen-bond donors (Lipinski definition) is 1. The molecule has 0 saturated carbocycles. The average molecular weight is 349 g/mol. The number of carbonyl (C=O) groups excluding carboxylic acids is 1. The molecular weight excluding hydrogens is 333 g/mol. The van der Waals surface area contributed by atoms with E-state index in [0.29, 0.717) is 17.9 Å². The van der Waals surface area contributed by atoms with Crippen LogP contribution in [-0.4, -0.2) is 25.3 Å². The Bertz CT molecular complexity index is 1050. The molecule has 0 aliphatic rings. The topological polar surface area (TPSA) is 64.2 Å². The third-order valence-corrected chi connectivity index (χ3v) is 4.10. The van der Waals surface area contributed by atoms with Crippen LogP contribution in [0.4, 0.5) is 4.39 Å². The minimum absolute atomic E-state index is 0.245. The molecule has 1 N–H and O–H groups in total. The zero-order valence-corrected chi connectivity index (χ0v) is 14.1. The Hall–Kier alpha value is -3.48. The Morgan fingerprint density at radius 1 is 1.12 bits per heavy atom. The lowest BCUT2D eigenvalue weighted by atomic mass is 10.1. The molecule has 1 amide bonds. The lowest BCUT2D eigenvalue weighted by molar-refractivity contribution is 0.0941. The number of rotatable bonds is 4. The average Bonchev–Trinajstić information content (AvgIpc) is 3.23. The summed E-state index contributed by atoms with van der Waals surface area (Å²) in [7, 11) is 1.70. The SMILES string of the molecule is Cn1nc(-c2ccc(F)cc2)cc1C(=O)NCc1cc2ccccn2n1. The third-order valence-electron chi connectivity index (χ3n) is 4.10. The molecule has 7 heteroatoms. The van der Waals surface area contributed by atoms with Crippen molar-refractivity contribution in [3.63, 3.8) is 0 Å². The molecule has 4 aromatic rings. The van der Waals surface area contributed by atoms with Crippen LogP contribution in [0.25, 0.3) is 16.8 Å². The maximum Gasteiger partial charge on any atom is 0.269 e. The molecular formula is C19H16FN5O. The molecule has 130 valence electrons. The van der Waals surface area contributed by atoms with E-state index in [-0.39, 0.29) is 11.7 Å². The largest absolute Gasteiger partial charge is 0.345 e. The molecule has 6 nitrogen and oxygen atoms in total. The molecule has 0 atom stereocenters. The summed E-state index contributed by atoms with van der Waals surface area (Å²) in [6, 6.07) is 15.4. The summed E-state index contributed by atoms with van der Waals surface area (Å²) in [5.41, 5.74) is 3.53. The summed E-state index contributed by atoms with van der Waals surface area (Å²) in [5, 5.41) is 11.6. The highest BCUT2D eigenvalue weighted by atomic mass is 19.1. The van der Waals surface area contributed by atoms with Crippen molar-refractivity contribution in [2.75, 3.05) is 0 Å². The van der Waals surface area contributed by atoms with Gasteiger partial charge in [-0.3, -0.25) is 9.48 Å². The molecule has 0 aliphatic heterocycles. The van der Waals surface area contributed by atoms with Gasteiger partial charge in [0.05, 0.1) is 23.4 Å². The molecule has 0 radical (unpaired) electrons. The first kappa shape index (κ1) is 16.0.